The van der Waals surface area contributed by atoms with Gasteiger partial charge in [0.05, 0.1) is 25.6 Å². The lowest BCUT2D eigenvalue weighted by Crippen LogP contribution is -2.59. The van der Waals surface area contributed by atoms with E-state index in [1.807, 2.05) is 0 Å². The number of hydrogen-bond donors (Lipinski definition) is 4. The number of rotatable bonds is 4. The predicted octanol–water partition coefficient (Wildman–Crippen LogP) is -1.45. The highest BCUT2D eigenvalue weighted by molar-refractivity contribution is 5.88. The summed E-state index contributed by atoms with van der Waals surface area (Å²) in [6.45, 7) is 1.17. The molecule has 0 aromatic carbocycles. The Labute approximate surface area is 138 Å². The molecule has 9 nitrogen and oxygen atoms in total. The molecule has 0 saturated carbocycles. The van der Waals surface area contributed by atoms with Gasteiger partial charge in [-0.25, -0.2) is 4.79 Å². The Morgan fingerprint density at radius 1 is 1.33 bits per heavy atom. The van der Waals surface area contributed by atoms with Crippen molar-refractivity contribution in [1.82, 2.24) is 0 Å². The molecule has 0 spiro atoms. The van der Waals surface area contributed by atoms with Crippen molar-refractivity contribution >= 4 is 5.97 Å². The fraction of sp³-hybridized carbons (Fsp3) is 0.667. The molecule has 24 heavy (non-hydrogen) atoms. The second-order valence-electron chi connectivity index (χ2n) is 5.48. The molecule has 9 heteroatoms. The van der Waals surface area contributed by atoms with Crippen LogP contribution in [0.5, 0.6) is 0 Å². The van der Waals surface area contributed by atoms with Gasteiger partial charge in [0.15, 0.2) is 6.29 Å². The zero-order valence-corrected chi connectivity index (χ0v) is 13.4. The van der Waals surface area contributed by atoms with E-state index < -0.39 is 49.6 Å². The average molecular weight is 346 g/mol. The highest BCUT2D eigenvalue weighted by atomic mass is 16.8. The molecule has 2 aliphatic rings. The number of aliphatic hydroxyl groups excluding tert-OH is 4. The number of hydrogen-bond acceptors (Lipinski definition) is 9. The lowest BCUT2D eigenvalue weighted by molar-refractivity contribution is -0.327. The van der Waals surface area contributed by atoms with Crippen molar-refractivity contribution in [2.24, 2.45) is 0 Å². The summed E-state index contributed by atoms with van der Waals surface area (Å²) < 4.78 is 20.8. The van der Waals surface area contributed by atoms with Crippen LogP contribution in [0.15, 0.2) is 23.5 Å². The van der Waals surface area contributed by atoms with Crippen LogP contribution < -0.4 is 0 Å². The summed E-state index contributed by atoms with van der Waals surface area (Å²) in [5, 5.41) is 38.7. The van der Waals surface area contributed by atoms with Gasteiger partial charge in [-0.05, 0) is 12.5 Å². The molecule has 2 rings (SSSR count). The van der Waals surface area contributed by atoms with Crippen LogP contribution in [0.1, 0.15) is 13.3 Å². The molecule has 0 aromatic rings. The van der Waals surface area contributed by atoms with E-state index in [-0.39, 0.29) is 6.42 Å². The minimum atomic E-state index is -1.54. The Morgan fingerprint density at radius 3 is 2.62 bits per heavy atom. The SMILES string of the molecule is C/C=C1/CC(C(=O)OC)=COC1OC1OC(CO)C(O)C(O)C1O. The van der Waals surface area contributed by atoms with Crippen LogP contribution in [0.4, 0.5) is 0 Å². The molecular formula is C15H22O9. The van der Waals surface area contributed by atoms with Crippen LogP contribution in [0.2, 0.25) is 0 Å². The molecule has 6 unspecified atom stereocenters. The first-order valence-corrected chi connectivity index (χ1v) is 7.46. The van der Waals surface area contributed by atoms with Gasteiger partial charge < -0.3 is 39.4 Å². The molecule has 0 radical (unpaired) electrons. The third kappa shape index (κ3) is 3.77. The van der Waals surface area contributed by atoms with Crippen molar-refractivity contribution < 1.29 is 44.2 Å². The summed E-state index contributed by atoms with van der Waals surface area (Å²) in [5.41, 5.74) is 0.897. The predicted molar refractivity (Wildman–Crippen MR) is 78.2 cm³/mol. The van der Waals surface area contributed by atoms with E-state index in [2.05, 4.69) is 4.74 Å². The van der Waals surface area contributed by atoms with Gasteiger partial charge >= 0.3 is 5.97 Å². The quantitative estimate of drug-likeness (QED) is 0.356. The lowest BCUT2D eigenvalue weighted by atomic mass is 9.99. The summed E-state index contributed by atoms with van der Waals surface area (Å²) in [6.07, 6.45) is -4.78. The first-order chi connectivity index (χ1) is 11.4. The van der Waals surface area contributed by atoms with Crippen molar-refractivity contribution in [2.75, 3.05) is 13.7 Å². The Bertz CT molecular complexity index is 513. The smallest absolute Gasteiger partial charge is 0.337 e. The number of esters is 1. The van der Waals surface area contributed by atoms with E-state index >= 15 is 0 Å². The second kappa shape index (κ2) is 8.06. The molecule has 6 atom stereocenters. The topological polar surface area (TPSA) is 135 Å². The standard InChI is InChI=1S/C15H22O9/c1-3-7-4-8(13(20)21-2)6-22-14(7)24-15-12(19)11(18)10(17)9(5-16)23-15/h3,6,9-12,14-19H,4-5H2,1-2H3/b7-3-. The maximum atomic E-state index is 11.5. The van der Waals surface area contributed by atoms with Gasteiger partial charge in [0.1, 0.15) is 24.4 Å². The minimum Gasteiger partial charge on any atom is -0.468 e. The van der Waals surface area contributed by atoms with Crippen LogP contribution in [0.25, 0.3) is 0 Å². The maximum absolute atomic E-state index is 11.5. The molecule has 1 saturated heterocycles. The molecular weight excluding hydrogens is 324 g/mol. The zero-order valence-electron chi connectivity index (χ0n) is 13.4. The van der Waals surface area contributed by atoms with Gasteiger partial charge in [0.2, 0.25) is 6.29 Å². The van der Waals surface area contributed by atoms with Crippen molar-refractivity contribution in [3.63, 3.8) is 0 Å². The van der Waals surface area contributed by atoms with Gasteiger partial charge in [0.25, 0.3) is 0 Å². The molecule has 0 amide bonds. The summed E-state index contributed by atoms with van der Waals surface area (Å²) in [6, 6.07) is 0. The van der Waals surface area contributed by atoms with E-state index in [4.69, 9.17) is 14.2 Å². The number of carbonyl (C=O) groups is 1. The summed E-state index contributed by atoms with van der Waals surface area (Å²) in [7, 11) is 1.26. The maximum Gasteiger partial charge on any atom is 0.337 e. The molecule has 0 bridgehead atoms. The average Bonchev–Trinajstić information content (AvgIpc) is 2.61. The summed E-state index contributed by atoms with van der Waals surface area (Å²) in [5.74, 6) is -0.527. The van der Waals surface area contributed by atoms with Crippen LogP contribution >= 0.6 is 0 Å². The van der Waals surface area contributed by atoms with Gasteiger partial charge in [0, 0.05) is 6.42 Å². The summed E-state index contributed by atoms with van der Waals surface area (Å²) in [4.78, 5) is 11.5. The lowest BCUT2D eigenvalue weighted by Gasteiger charge is -2.41. The third-order valence-electron chi connectivity index (χ3n) is 3.96. The zero-order chi connectivity index (χ0) is 17.9. The Balaban J connectivity index is 2.09. The number of allylic oxidation sites excluding steroid dienone is 1. The first-order valence-electron chi connectivity index (χ1n) is 7.46. The number of carbonyl (C=O) groups excluding carboxylic acids is 1. The third-order valence-corrected chi connectivity index (χ3v) is 3.96. The van der Waals surface area contributed by atoms with Crippen molar-refractivity contribution in [3.05, 3.63) is 23.5 Å². The fourth-order valence-corrected chi connectivity index (χ4v) is 2.49. The highest BCUT2D eigenvalue weighted by Crippen LogP contribution is 2.29. The number of methoxy groups -OCH3 is 1. The van der Waals surface area contributed by atoms with Gasteiger partial charge in [-0.2, -0.15) is 0 Å². The second-order valence-corrected chi connectivity index (χ2v) is 5.48. The first kappa shape index (κ1) is 18.8. The van der Waals surface area contributed by atoms with Crippen LogP contribution in [-0.4, -0.2) is 77.1 Å². The monoisotopic (exact) mass is 346 g/mol. The highest BCUT2D eigenvalue weighted by Gasteiger charge is 2.45. The molecule has 2 heterocycles. The number of ether oxygens (including phenoxy) is 4. The van der Waals surface area contributed by atoms with Crippen LogP contribution in [-0.2, 0) is 23.7 Å². The van der Waals surface area contributed by atoms with Gasteiger partial charge in [-0.3, -0.25) is 0 Å². The normalized spacial score (nSPS) is 38.4. The Kier molecular flexibility index (Phi) is 6.33. The summed E-state index contributed by atoms with van der Waals surface area (Å²) >= 11 is 0. The van der Waals surface area contributed by atoms with Gasteiger partial charge in [-0.15, -0.1) is 0 Å². The molecule has 136 valence electrons. The molecule has 2 aliphatic heterocycles. The van der Waals surface area contributed by atoms with Gasteiger partial charge in [-0.1, -0.05) is 6.08 Å². The van der Waals surface area contributed by atoms with Crippen molar-refractivity contribution in [2.45, 2.75) is 50.3 Å². The van der Waals surface area contributed by atoms with E-state index in [9.17, 15) is 25.2 Å². The van der Waals surface area contributed by atoms with Crippen LogP contribution in [0.3, 0.4) is 0 Å². The molecule has 0 aromatic heterocycles. The Morgan fingerprint density at radius 2 is 2.04 bits per heavy atom. The minimum absolute atomic E-state index is 0.227. The van der Waals surface area contributed by atoms with E-state index in [1.165, 1.54) is 13.4 Å². The molecule has 1 fully saturated rings. The van der Waals surface area contributed by atoms with E-state index in [0.717, 1.165) is 0 Å². The van der Waals surface area contributed by atoms with E-state index in [1.54, 1.807) is 13.0 Å². The van der Waals surface area contributed by atoms with Crippen molar-refractivity contribution in [1.29, 1.82) is 0 Å². The number of aliphatic hydroxyl groups is 4. The van der Waals surface area contributed by atoms with Crippen LogP contribution in [0, 0.1) is 0 Å². The Hall–Kier alpha value is -1.49. The van der Waals surface area contributed by atoms with E-state index in [0.29, 0.717) is 11.1 Å². The molecule has 0 aliphatic carbocycles. The fourth-order valence-electron chi connectivity index (χ4n) is 2.49. The largest absolute Gasteiger partial charge is 0.468 e. The molecule has 4 N–H and O–H groups in total. The van der Waals surface area contributed by atoms with Crippen molar-refractivity contribution in [3.8, 4) is 0 Å².